The van der Waals surface area contributed by atoms with Crippen molar-refractivity contribution >= 4 is 5.97 Å². The van der Waals surface area contributed by atoms with Crippen molar-refractivity contribution in [3.8, 4) is 0 Å². The Morgan fingerprint density at radius 3 is 2.25 bits per heavy atom. The number of rotatable bonds is 5. The van der Waals surface area contributed by atoms with Crippen molar-refractivity contribution in [2.45, 2.75) is 57.8 Å². The molecule has 0 radical (unpaired) electrons. The topological polar surface area (TPSA) is 72.5 Å². The van der Waals surface area contributed by atoms with Crippen LogP contribution in [0.4, 0.5) is 8.78 Å². The number of aliphatic hydroxyl groups excluding tert-OH is 1. The molecule has 0 aromatic heterocycles. The molecule has 0 aromatic rings. The van der Waals surface area contributed by atoms with Gasteiger partial charge in [-0.15, -0.1) is 0 Å². The van der Waals surface area contributed by atoms with Gasteiger partial charge in [0.15, 0.2) is 0 Å². The molecule has 96 valence electrons. The average Bonchev–Trinajstić information content (AvgIpc) is 2.10. The minimum Gasteiger partial charge on any atom is -0.459 e. The third-order valence-electron chi connectivity index (χ3n) is 1.77. The van der Waals surface area contributed by atoms with Crippen LogP contribution in [0.15, 0.2) is 0 Å². The van der Waals surface area contributed by atoms with E-state index in [0.717, 1.165) is 0 Å². The van der Waals surface area contributed by atoms with Crippen LogP contribution in [0, 0.1) is 0 Å². The molecule has 4 nitrogen and oxygen atoms in total. The summed E-state index contributed by atoms with van der Waals surface area (Å²) in [6.45, 7) is 5.06. The van der Waals surface area contributed by atoms with E-state index in [1.54, 1.807) is 20.8 Å². The molecule has 3 N–H and O–H groups in total. The lowest BCUT2D eigenvalue weighted by molar-refractivity contribution is -0.156. The predicted molar refractivity (Wildman–Crippen MR) is 55.1 cm³/mol. The van der Waals surface area contributed by atoms with Crippen LogP contribution in [0.3, 0.4) is 0 Å². The van der Waals surface area contributed by atoms with E-state index in [-0.39, 0.29) is 12.8 Å². The first-order valence-electron chi connectivity index (χ1n) is 5.08. The van der Waals surface area contributed by atoms with Crippen molar-refractivity contribution in [1.82, 2.24) is 0 Å². The maximum Gasteiger partial charge on any atom is 0.323 e. The number of alkyl halides is 2. The van der Waals surface area contributed by atoms with Crippen LogP contribution >= 0.6 is 0 Å². The highest BCUT2D eigenvalue weighted by molar-refractivity contribution is 5.75. The summed E-state index contributed by atoms with van der Waals surface area (Å²) in [5.41, 5.74) is 4.79. The van der Waals surface area contributed by atoms with E-state index in [2.05, 4.69) is 0 Å². The molecule has 0 aliphatic carbocycles. The first-order chi connectivity index (χ1) is 7.13. The fraction of sp³-hybridized carbons (Fsp3) is 0.900. The Morgan fingerprint density at radius 1 is 1.38 bits per heavy atom. The number of hydrogen-bond acceptors (Lipinski definition) is 4. The lowest BCUT2D eigenvalue weighted by atomic mass is 10.1. The summed E-state index contributed by atoms with van der Waals surface area (Å²) < 4.78 is 28.8. The molecule has 0 spiro atoms. The fourth-order valence-corrected chi connectivity index (χ4v) is 0.972. The lowest BCUT2D eigenvalue weighted by Gasteiger charge is -2.22. The number of aliphatic hydroxyl groups is 1. The van der Waals surface area contributed by atoms with Crippen molar-refractivity contribution in [1.29, 1.82) is 0 Å². The van der Waals surface area contributed by atoms with Crippen LogP contribution in [0.1, 0.15) is 33.6 Å². The summed E-state index contributed by atoms with van der Waals surface area (Å²) in [5, 5.41) is 8.83. The number of carbonyl (C=O) groups is 1. The van der Waals surface area contributed by atoms with Crippen LogP contribution in [0.25, 0.3) is 0 Å². The zero-order valence-electron chi connectivity index (χ0n) is 9.74. The summed E-state index contributed by atoms with van der Waals surface area (Å²) >= 11 is 0. The molecule has 0 heterocycles. The molecule has 0 bridgehead atoms. The highest BCUT2D eigenvalue weighted by Crippen LogP contribution is 2.12. The molecule has 0 aliphatic rings. The Hall–Kier alpha value is -0.750. The van der Waals surface area contributed by atoms with Crippen LogP contribution < -0.4 is 5.73 Å². The van der Waals surface area contributed by atoms with E-state index in [9.17, 15) is 13.6 Å². The maximum atomic E-state index is 11.9. The van der Waals surface area contributed by atoms with E-state index in [1.807, 2.05) is 0 Å². The van der Waals surface area contributed by atoms with Gasteiger partial charge in [-0.3, -0.25) is 4.79 Å². The molecule has 16 heavy (non-hydrogen) atoms. The Balaban J connectivity index is 3.98. The van der Waals surface area contributed by atoms with Crippen molar-refractivity contribution in [3.05, 3.63) is 0 Å². The number of carbonyl (C=O) groups excluding carboxylic acids is 1. The monoisotopic (exact) mass is 239 g/mol. The Morgan fingerprint density at radius 2 is 1.88 bits per heavy atom. The van der Waals surface area contributed by atoms with Crippen molar-refractivity contribution < 1.29 is 23.4 Å². The van der Waals surface area contributed by atoms with Crippen LogP contribution in [0.5, 0.6) is 0 Å². The summed E-state index contributed by atoms with van der Waals surface area (Å²) in [5.74, 6) is -0.644. The molecule has 0 saturated carbocycles. The largest absolute Gasteiger partial charge is 0.459 e. The van der Waals surface area contributed by atoms with Crippen LogP contribution in [0.2, 0.25) is 0 Å². The van der Waals surface area contributed by atoms with E-state index in [1.165, 1.54) is 0 Å². The average molecular weight is 239 g/mol. The minimum absolute atomic E-state index is 0.0274. The van der Waals surface area contributed by atoms with Gasteiger partial charge >= 0.3 is 5.97 Å². The second-order valence-corrected chi connectivity index (χ2v) is 4.62. The van der Waals surface area contributed by atoms with Gasteiger partial charge in [0.05, 0.1) is 0 Å². The molecule has 0 saturated heterocycles. The number of hydrogen-bond donors (Lipinski definition) is 2. The first kappa shape index (κ1) is 15.2. The second-order valence-electron chi connectivity index (χ2n) is 4.62. The third kappa shape index (κ3) is 6.68. The summed E-state index contributed by atoms with van der Waals surface area (Å²) in [4.78, 5) is 11.3. The molecule has 6 heteroatoms. The molecule has 0 aliphatic heterocycles. The van der Waals surface area contributed by atoms with Gasteiger partial charge in [-0.1, -0.05) is 0 Å². The molecule has 0 fully saturated rings. The number of ether oxygens (including phenoxy) is 1. The molecule has 2 atom stereocenters. The number of halogens is 2. The lowest BCUT2D eigenvalue weighted by Crippen LogP contribution is -2.38. The van der Waals surface area contributed by atoms with E-state index in [0.29, 0.717) is 0 Å². The normalized spacial score (nSPS) is 16.0. The van der Waals surface area contributed by atoms with Gasteiger partial charge in [-0.05, 0) is 33.6 Å². The molecule has 0 rings (SSSR count). The molecule has 0 aromatic carbocycles. The zero-order chi connectivity index (χ0) is 12.9. The van der Waals surface area contributed by atoms with Gasteiger partial charge in [0.2, 0.25) is 0 Å². The van der Waals surface area contributed by atoms with Crippen molar-refractivity contribution in [2.75, 3.05) is 0 Å². The van der Waals surface area contributed by atoms with E-state index in [4.69, 9.17) is 15.6 Å². The smallest absolute Gasteiger partial charge is 0.323 e. The quantitative estimate of drug-likeness (QED) is 0.704. The minimum atomic E-state index is -2.81. The summed E-state index contributed by atoms with van der Waals surface area (Å²) in [7, 11) is 0. The summed E-state index contributed by atoms with van der Waals surface area (Å²) in [6, 6.07) is -0.979. The van der Waals surface area contributed by atoms with Gasteiger partial charge in [-0.25, -0.2) is 8.78 Å². The molecule has 0 unspecified atom stereocenters. The standard InChI is InChI=1S/C10H19F2NO3/c1-10(2,3)16-9(15)6(13)4-5-7(14)8(11)12/h6-8,14H,4-5,13H2,1-3H3/t6-,7-/m1/s1. The zero-order valence-corrected chi connectivity index (χ0v) is 9.74. The highest BCUT2D eigenvalue weighted by atomic mass is 19.3. The van der Waals surface area contributed by atoms with Gasteiger partial charge in [0.1, 0.15) is 17.7 Å². The molecular formula is C10H19F2NO3. The van der Waals surface area contributed by atoms with Crippen LogP contribution in [-0.2, 0) is 9.53 Å². The van der Waals surface area contributed by atoms with Gasteiger partial charge in [0.25, 0.3) is 6.43 Å². The maximum absolute atomic E-state index is 11.9. The SMILES string of the molecule is CC(C)(C)OC(=O)[C@H](N)CC[C@@H](O)C(F)F. The highest BCUT2D eigenvalue weighted by Gasteiger charge is 2.24. The molecule has 0 amide bonds. The van der Waals surface area contributed by atoms with Crippen molar-refractivity contribution in [3.63, 3.8) is 0 Å². The first-order valence-corrected chi connectivity index (χ1v) is 5.08. The fourth-order valence-electron chi connectivity index (χ4n) is 0.972. The molecular weight excluding hydrogens is 220 g/mol. The Kier molecular flexibility index (Phi) is 5.81. The van der Waals surface area contributed by atoms with Gasteiger partial charge in [-0.2, -0.15) is 0 Å². The van der Waals surface area contributed by atoms with E-state index < -0.39 is 30.1 Å². The van der Waals surface area contributed by atoms with Crippen molar-refractivity contribution in [2.24, 2.45) is 5.73 Å². The predicted octanol–water partition coefficient (Wildman–Crippen LogP) is 1.06. The van der Waals surface area contributed by atoms with Crippen LogP contribution in [-0.4, -0.2) is 35.2 Å². The third-order valence-corrected chi connectivity index (χ3v) is 1.77. The Labute approximate surface area is 93.8 Å². The second kappa shape index (κ2) is 6.10. The Bertz CT molecular complexity index is 229. The van der Waals surface area contributed by atoms with Gasteiger partial charge < -0.3 is 15.6 Å². The van der Waals surface area contributed by atoms with Gasteiger partial charge in [0, 0.05) is 0 Å². The number of esters is 1. The summed E-state index contributed by atoms with van der Waals surface area (Å²) in [6.07, 6.45) is -4.81. The number of nitrogens with two attached hydrogens (primary N) is 1. The van der Waals surface area contributed by atoms with E-state index >= 15 is 0 Å².